The van der Waals surface area contributed by atoms with E-state index >= 15 is 0 Å². The Morgan fingerprint density at radius 3 is 2.00 bits per heavy atom. The van der Waals surface area contributed by atoms with E-state index in [1.165, 1.54) is 0 Å². The molecule has 1 aromatic carbocycles. The highest BCUT2D eigenvalue weighted by molar-refractivity contribution is 6.30. The summed E-state index contributed by atoms with van der Waals surface area (Å²) in [6, 6.07) is 7.86. The number of halogens is 1. The van der Waals surface area contributed by atoms with Gasteiger partial charge < -0.3 is 10.6 Å². The third-order valence-electron chi connectivity index (χ3n) is 3.92. The minimum atomic E-state index is 0.00441. The summed E-state index contributed by atoms with van der Waals surface area (Å²) in [7, 11) is 4.20. The average Bonchev–Trinajstić information content (AvgIpc) is 2.31. The highest BCUT2D eigenvalue weighted by Gasteiger charge is 2.36. The van der Waals surface area contributed by atoms with E-state index in [0.29, 0.717) is 0 Å². The summed E-state index contributed by atoms with van der Waals surface area (Å²) in [5, 5.41) is 0.754. The van der Waals surface area contributed by atoms with Gasteiger partial charge in [-0.3, -0.25) is 0 Å². The molecule has 0 aliphatic carbocycles. The number of nitrogens with two attached hydrogens (primary N) is 1. The van der Waals surface area contributed by atoms with Crippen LogP contribution in [0.25, 0.3) is 0 Å². The number of likely N-dealkylation sites (N-methyl/N-ethyl adjacent to an activating group) is 1. The molecule has 0 amide bonds. The fourth-order valence-corrected chi connectivity index (χ4v) is 2.71. The molecule has 1 aromatic rings. The molecule has 0 bridgehead atoms. The molecule has 2 nitrogen and oxygen atoms in total. The maximum Gasteiger partial charge on any atom is 0.0481 e. The molecule has 0 aliphatic heterocycles. The molecule has 1 unspecified atom stereocenters. The first-order valence-electron chi connectivity index (χ1n) is 6.16. The van der Waals surface area contributed by atoms with E-state index in [1.807, 2.05) is 24.3 Å². The zero-order chi connectivity index (χ0) is 13.1. The lowest BCUT2D eigenvalue weighted by molar-refractivity contribution is 0.106. The van der Waals surface area contributed by atoms with Crippen LogP contribution in [0.4, 0.5) is 0 Å². The van der Waals surface area contributed by atoms with Crippen molar-refractivity contribution >= 4 is 11.6 Å². The Bertz CT molecular complexity index is 342. The molecule has 1 rings (SSSR count). The van der Waals surface area contributed by atoms with Crippen molar-refractivity contribution in [3.63, 3.8) is 0 Å². The van der Waals surface area contributed by atoms with Crippen molar-refractivity contribution in [2.75, 3.05) is 14.1 Å². The van der Waals surface area contributed by atoms with E-state index in [0.717, 1.165) is 23.4 Å². The molecular weight excluding hydrogens is 232 g/mol. The van der Waals surface area contributed by atoms with Crippen LogP contribution in [-0.4, -0.2) is 24.5 Å². The maximum atomic E-state index is 6.46. The minimum Gasteiger partial charge on any atom is -0.322 e. The predicted octanol–water partition coefficient (Wildman–Crippen LogP) is 3.46. The Hall–Kier alpha value is -0.570. The Kier molecular flexibility index (Phi) is 4.99. The first-order chi connectivity index (χ1) is 7.97. The number of hydrogen-bond acceptors (Lipinski definition) is 2. The van der Waals surface area contributed by atoms with Gasteiger partial charge in [0, 0.05) is 16.6 Å². The highest BCUT2D eigenvalue weighted by atomic mass is 35.5. The average molecular weight is 255 g/mol. The molecule has 0 aliphatic rings. The van der Waals surface area contributed by atoms with Crippen LogP contribution in [0.5, 0.6) is 0 Å². The number of hydrogen-bond donors (Lipinski definition) is 1. The van der Waals surface area contributed by atoms with Gasteiger partial charge in [0.15, 0.2) is 0 Å². The lowest BCUT2D eigenvalue weighted by atomic mass is 9.80. The van der Waals surface area contributed by atoms with Crippen LogP contribution < -0.4 is 5.73 Å². The van der Waals surface area contributed by atoms with Crippen molar-refractivity contribution in [1.29, 1.82) is 0 Å². The van der Waals surface area contributed by atoms with Crippen molar-refractivity contribution in [2.45, 2.75) is 38.3 Å². The second-order valence-corrected chi connectivity index (χ2v) is 5.17. The monoisotopic (exact) mass is 254 g/mol. The van der Waals surface area contributed by atoms with Gasteiger partial charge in [-0.2, -0.15) is 0 Å². The van der Waals surface area contributed by atoms with Crippen LogP contribution in [0, 0.1) is 0 Å². The Morgan fingerprint density at radius 2 is 1.65 bits per heavy atom. The van der Waals surface area contributed by atoms with Crippen LogP contribution >= 0.6 is 11.6 Å². The number of benzene rings is 1. The van der Waals surface area contributed by atoms with Crippen molar-refractivity contribution in [2.24, 2.45) is 5.73 Å². The van der Waals surface area contributed by atoms with Crippen LogP contribution in [0.3, 0.4) is 0 Å². The SMILES string of the molecule is CCC(CC)(C(N)c1ccc(Cl)cc1)N(C)C. The van der Waals surface area contributed by atoms with Gasteiger partial charge in [0.05, 0.1) is 0 Å². The Labute approximate surface area is 110 Å². The van der Waals surface area contributed by atoms with Crippen molar-refractivity contribution in [1.82, 2.24) is 4.90 Å². The summed E-state index contributed by atoms with van der Waals surface area (Å²) in [6.07, 6.45) is 2.06. The molecule has 0 spiro atoms. The van der Waals surface area contributed by atoms with Gasteiger partial charge >= 0.3 is 0 Å². The van der Waals surface area contributed by atoms with E-state index in [1.54, 1.807) is 0 Å². The first kappa shape index (κ1) is 14.5. The molecule has 0 saturated carbocycles. The fraction of sp³-hybridized carbons (Fsp3) is 0.571. The highest BCUT2D eigenvalue weighted by Crippen LogP contribution is 2.34. The summed E-state index contributed by atoms with van der Waals surface area (Å²) < 4.78 is 0. The van der Waals surface area contributed by atoms with E-state index in [2.05, 4.69) is 32.8 Å². The van der Waals surface area contributed by atoms with Crippen LogP contribution in [-0.2, 0) is 0 Å². The fourth-order valence-electron chi connectivity index (χ4n) is 2.58. The van der Waals surface area contributed by atoms with E-state index in [9.17, 15) is 0 Å². The molecule has 0 heterocycles. The third-order valence-corrected chi connectivity index (χ3v) is 4.18. The molecule has 96 valence electrons. The molecular formula is C14H23ClN2. The Morgan fingerprint density at radius 1 is 1.18 bits per heavy atom. The third kappa shape index (κ3) is 2.82. The van der Waals surface area contributed by atoms with Gasteiger partial charge in [0.1, 0.15) is 0 Å². The standard InChI is InChI=1S/C14H23ClN2/c1-5-14(6-2,17(3)4)13(16)11-7-9-12(15)10-8-11/h7-10,13H,5-6,16H2,1-4H3. The summed E-state index contributed by atoms with van der Waals surface area (Å²) in [4.78, 5) is 2.24. The molecule has 0 aromatic heterocycles. The zero-order valence-corrected chi connectivity index (χ0v) is 12.0. The molecule has 17 heavy (non-hydrogen) atoms. The molecule has 2 N–H and O–H groups in total. The molecule has 0 radical (unpaired) electrons. The minimum absolute atomic E-state index is 0.00441. The quantitative estimate of drug-likeness (QED) is 0.872. The summed E-state index contributed by atoms with van der Waals surface area (Å²) >= 11 is 5.91. The van der Waals surface area contributed by atoms with Crippen LogP contribution in [0.1, 0.15) is 38.3 Å². The smallest absolute Gasteiger partial charge is 0.0481 e. The van der Waals surface area contributed by atoms with Gasteiger partial charge in [0.25, 0.3) is 0 Å². The van der Waals surface area contributed by atoms with Crippen molar-refractivity contribution in [3.05, 3.63) is 34.9 Å². The maximum absolute atomic E-state index is 6.46. The van der Waals surface area contributed by atoms with Gasteiger partial charge in [-0.05, 0) is 44.6 Å². The predicted molar refractivity (Wildman–Crippen MR) is 75.4 cm³/mol. The normalized spacial score (nSPS) is 14.1. The molecule has 3 heteroatoms. The van der Waals surface area contributed by atoms with E-state index in [4.69, 9.17) is 17.3 Å². The largest absolute Gasteiger partial charge is 0.322 e. The van der Waals surface area contributed by atoms with Gasteiger partial charge in [0.2, 0.25) is 0 Å². The van der Waals surface area contributed by atoms with Crippen LogP contribution in [0.15, 0.2) is 24.3 Å². The van der Waals surface area contributed by atoms with Crippen molar-refractivity contribution < 1.29 is 0 Å². The topological polar surface area (TPSA) is 29.3 Å². The summed E-state index contributed by atoms with van der Waals surface area (Å²) in [6.45, 7) is 4.39. The van der Waals surface area contributed by atoms with Gasteiger partial charge in [-0.1, -0.05) is 37.6 Å². The second kappa shape index (κ2) is 5.85. The van der Waals surface area contributed by atoms with Crippen LogP contribution in [0.2, 0.25) is 5.02 Å². The number of nitrogens with zero attached hydrogens (tertiary/aromatic N) is 1. The number of rotatable bonds is 5. The molecule has 0 saturated heterocycles. The summed E-state index contributed by atoms with van der Waals surface area (Å²) in [5.41, 5.74) is 7.61. The first-order valence-corrected chi connectivity index (χ1v) is 6.54. The summed E-state index contributed by atoms with van der Waals surface area (Å²) in [5.74, 6) is 0. The van der Waals surface area contributed by atoms with E-state index < -0.39 is 0 Å². The van der Waals surface area contributed by atoms with Gasteiger partial charge in [-0.25, -0.2) is 0 Å². The second-order valence-electron chi connectivity index (χ2n) is 4.73. The molecule has 1 atom stereocenters. The lowest BCUT2D eigenvalue weighted by Gasteiger charge is -2.43. The van der Waals surface area contributed by atoms with Crippen molar-refractivity contribution in [3.8, 4) is 0 Å². The zero-order valence-electron chi connectivity index (χ0n) is 11.2. The Balaban J connectivity index is 3.07. The van der Waals surface area contributed by atoms with Gasteiger partial charge in [-0.15, -0.1) is 0 Å². The van der Waals surface area contributed by atoms with E-state index in [-0.39, 0.29) is 11.6 Å². The molecule has 0 fully saturated rings. The lowest BCUT2D eigenvalue weighted by Crippen LogP contribution is -2.51.